The summed E-state index contributed by atoms with van der Waals surface area (Å²) in [4.78, 5) is 0.896. The van der Waals surface area contributed by atoms with Gasteiger partial charge in [-0.1, -0.05) is 35.6 Å². The van der Waals surface area contributed by atoms with E-state index in [9.17, 15) is 0 Å². The number of para-hydroxylation sites is 1. The summed E-state index contributed by atoms with van der Waals surface area (Å²) < 4.78 is 4.50. The molecule has 100 valence electrons. The van der Waals surface area contributed by atoms with Gasteiger partial charge in [0.05, 0.1) is 16.4 Å². The van der Waals surface area contributed by atoms with Crippen molar-refractivity contribution in [2.45, 2.75) is 0 Å². The van der Waals surface area contributed by atoms with E-state index < -0.39 is 0 Å². The van der Waals surface area contributed by atoms with Crippen LogP contribution in [0.25, 0.3) is 10.2 Å². The van der Waals surface area contributed by atoms with E-state index >= 15 is 0 Å². The van der Waals surface area contributed by atoms with Crippen LogP contribution in [0.4, 0.5) is 0 Å². The summed E-state index contributed by atoms with van der Waals surface area (Å²) in [5, 5.41) is 8.49. The lowest BCUT2D eigenvalue weighted by Crippen LogP contribution is -2.08. The molecule has 3 aromatic rings. The van der Waals surface area contributed by atoms with E-state index in [2.05, 4.69) is 61.6 Å². The average Bonchev–Trinajstić information content (AvgIpc) is 2.78. The third kappa shape index (κ3) is 2.83. The van der Waals surface area contributed by atoms with Crippen molar-refractivity contribution in [3.05, 3.63) is 62.5 Å². The fraction of sp³-hybridized carbons (Fsp3) is 0.0667. The summed E-state index contributed by atoms with van der Waals surface area (Å²) in [6.45, 7) is 0. The highest BCUT2D eigenvalue weighted by atomic mass is 127. The monoisotopic (exact) mass is 393 g/mol. The Morgan fingerprint density at radius 3 is 2.60 bits per heavy atom. The van der Waals surface area contributed by atoms with Crippen LogP contribution < -0.4 is 4.80 Å². The summed E-state index contributed by atoms with van der Waals surface area (Å²) in [7, 11) is 2.01. The van der Waals surface area contributed by atoms with Crippen LogP contribution in [0.1, 0.15) is 5.56 Å². The summed E-state index contributed by atoms with van der Waals surface area (Å²) in [6.07, 6.45) is 1.78. The molecular formula is C15H12IN3S. The zero-order valence-electron chi connectivity index (χ0n) is 10.8. The highest BCUT2D eigenvalue weighted by Gasteiger charge is 2.00. The van der Waals surface area contributed by atoms with Crippen LogP contribution in [0.5, 0.6) is 0 Å². The lowest BCUT2D eigenvalue weighted by atomic mass is 10.2. The van der Waals surface area contributed by atoms with Crippen molar-refractivity contribution in [1.82, 2.24) is 4.57 Å². The van der Waals surface area contributed by atoms with Crippen LogP contribution in [0.15, 0.2) is 58.7 Å². The van der Waals surface area contributed by atoms with Gasteiger partial charge < -0.3 is 4.57 Å². The molecule has 5 heteroatoms. The maximum absolute atomic E-state index is 4.31. The van der Waals surface area contributed by atoms with Gasteiger partial charge in [-0.25, -0.2) is 0 Å². The standard InChI is InChI=1S/C15H12IN3S/c1-19-13-4-2-3-5-14(13)20-15(19)18-17-10-11-6-8-12(16)9-7-11/h2-10H,1H3. The molecule has 0 bridgehead atoms. The van der Waals surface area contributed by atoms with E-state index in [0.29, 0.717) is 0 Å². The molecule has 0 radical (unpaired) electrons. The Morgan fingerprint density at radius 2 is 1.85 bits per heavy atom. The third-order valence-electron chi connectivity index (χ3n) is 2.93. The molecule has 20 heavy (non-hydrogen) atoms. The topological polar surface area (TPSA) is 29.6 Å². The predicted molar refractivity (Wildman–Crippen MR) is 93.1 cm³/mol. The van der Waals surface area contributed by atoms with Crippen molar-refractivity contribution in [2.75, 3.05) is 0 Å². The molecule has 0 atom stereocenters. The van der Waals surface area contributed by atoms with Crippen molar-refractivity contribution in [2.24, 2.45) is 17.3 Å². The third-order valence-corrected chi connectivity index (χ3v) is 4.76. The Labute approximate surface area is 134 Å². The van der Waals surface area contributed by atoms with Gasteiger partial charge in [-0.05, 0) is 52.4 Å². The second kappa shape index (κ2) is 5.88. The van der Waals surface area contributed by atoms with Crippen molar-refractivity contribution in [3.8, 4) is 0 Å². The number of rotatable bonds is 2. The van der Waals surface area contributed by atoms with Crippen molar-refractivity contribution in [1.29, 1.82) is 0 Å². The van der Waals surface area contributed by atoms with Crippen LogP contribution >= 0.6 is 33.9 Å². The van der Waals surface area contributed by atoms with Gasteiger partial charge in [-0.3, -0.25) is 0 Å². The molecular weight excluding hydrogens is 381 g/mol. The molecule has 2 aromatic carbocycles. The minimum Gasteiger partial charge on any atom is -0.318 e. The Hall–Kier alpha value is -1.47. The first kappa shape index (κ1) is 13.5. The van der Waals surface area contributed by atoms with Crippen LogP contribution in [-0.2, 0) is 7.05 Å². The van der Waals surface area contributed by atoms with E-state index in [1.807, 2.05) is 31.3 Å². The summed E-state index contributed by atoms with van der Waals surface area (Å²) >= 11 is 3.93. The Balaban J connectivity index is 1.94. The largest absolute Gasteiger partial charge is 0.318 e. The zero-order chi connectivity index (χ0) is 13.9. The number of thiazole rings is 1. The van der Waals surface area contributed by atoms with E-state index in [4.69, 9.17) is 0 Å². The van der Waals surface area contributed by atoms with Crippen LogP contribution in [0, 0.1) is 3.57 Å². The molecule has 3 nitrogen and oxygen atoms in total. The number of benzene rings is 2. The molecule has 0 aliphatic rings. The summed E-state index contributed by atoms with van der Waals surface area (Å²) in [6, 6.07) is 16.4. The second-order valence-corrected chi connectivity index (χ2v) is 6.56. The number of aryl methyl sites for hydroxylation is 1. The number of hydrogen-bond donors (Lipinski definition) is 0. The SMILES string of the molecule is Cn1c(=NN=Cc2ccc(I)cc2)sc2ccccc21. The van der Waals surface area contributed by atoms with Gasteiger partial charge >= 0.3 is 0 Å². The van der Waals surface area contributed by atoms with Gasteiger partial charge in [0.25, 0.3) is 0 Å². The highest BCUT2D eigenvalue weighted by molar-refractivity contribution is 14.1. The number of nitrogens with zero attached hydrogens (tertiary/aromatic N) is 3. The fourth-order valence-electron chi connectivity index (χ4n) is 1.87. The summed E-state index contributed by atoms with van der Waals surface area (Å²) in [5.41, 5.74) is 2.23. The highest BCUT2D eigenvalue weighted by Crippen LogP contribution is 2.15. The molecule has 3 rings (SSSR count). The molecule has 0 amide bonds. The van der Waals surface area contributed by atoms with Crippen molar-refractivity contribution < 1.29 is 0 Å². The fourth-order valence-corrected chi connectivity index (χ4v) is 3.21. The molecule has 1 heterocycles. The molecule has 0 N–H and O–H groups in total. The van der Waals surface area contributed by atoms with Crippen LogP contribution in [0.3, 0.4) is 0 Å². The minimum absolute atomic E-state index is 0.896. The normalized spacial score (nSPS) is 12.6. The molecule has 0 spiro atoms. The number of halogens is 1. The van der Waals surface area contributed by atoms with E-state index in [1.54, 1.807) is 17.6 Å². The first-order valence-corrected chi connectivity index (χ1v) is 8.01. The second-order valence-electron chi connectivity index (χ2n) is 4.31. The van der Waals surface area contributed by atoms with Gasteiger partial charge in [0.2, 0.25) is 4.80 Å². The maximum Gasteiger partial charge on any atom is 0.211 e. The smallest absolute Gasteiger partial charge is 0.211 e. The molecule has 0 unspecified atom stereocenters. The lowest BCUT2D eigenvalue weighted by molar-refractivity contribution is 0.889. The van der Waals surface area contributed by atoms with Crippen LogP contribution in [-0.4, -0.2) is 10.8 Å². The van der Waals surface area contributed by atoms with Crippen molar-refractivity contribution in [3.63, 3.8) is 0 Å². The van der Waals surface area contributed by atoms with Gasteiger partial charge in [-0.15, -0.1) is 5.10 Å². The maximum atomic E-state index is 4.31. The molecule has 0 saturated heterocycles. The van der Waals surface area contributed by atoms with Crippen molar-refractivity contribution >= 4 is 50.4 Å². The van der Waals surface area contributed by atoms with E-state index in [-0.39, 0.29) is 0 Å². The Morgan fingerprint density at radius 1 is 1.10 bits per heavy atom. The van der Waals surface area contributed by atoms with E-state index in [1.165, 1.54) is 13.8 Å². The molecule has 0 aliphatic heterocycles. The van der Waals surface area contributed by atoms with Gasteiger partial charge in [-0.2, -0.15) is 5.10 Å². The zero-order valence-corrected chi connectivity index (χ0v) is 13.8. The molecule has 1 aromatic heterocycles. The van der Waals surface area contributed by atoms with Gasteiger partial charge in [0, 0.05) is 10.6 Å². The lowest BCUT2D eigenvalue weighted by Gasteiger charge is -1.93. The Bertz CT molecular complexity index is 828. The first-order chi connectivity index (χ1) is 9.74. The van der Waals surface area contributed by atoms with E-state index in [0.717, 1.165) is 10.4 Å². The van der Waals surface area contributed by atoms with Gasteiger partial charge in [0.15, 0.2) is 0 Å². The molecule has 0 aliphatic carbocycles. The predicted octanol–water partition coefficient (Wildman–Crippen LogP) is 3.78. The molecule has 0 fully saturated rings. The van der Waals surface area contributed by atoms with Gasteiger partial charge in [0.1, 0.15) is 0 Å². The first-order valence-electron chi connectivity index (χ1n) is 6.11. The summed E-state index contributed by atoms with van der Waals surface area (Å²) in [5.74, 6) is 0. The average molecular weight is 393 g/mol. The number of aromatic nitrogens is 1. The quantitative estimate of drug-likeness (QED) is 0.361. The number of fused-ring (bicyclic) bond motifs is 1. The number of hydrogen-bond acceptors (Lipinski definition) is 3. The molecule has 0 saturated carbocycles. The minimum atomic E-state index is 0.896. The van der Waals surface area contributed by atoms with Crippen LogP contribution in [0.2, 0.25) is 0 Å². The Kier molecular flexibility index (Phi) is 3.98.